The Labute approximate surface area is 123 Å². The monoisotopic (exact) mass is 307 g/mol. The molecule has 21 heavy (non-hydrogen) atoms. The van der Waals surface area contributed by atoms with Crippen molar-refractivity contribution in [3.8, 4) is 11.4 Å². The van der Waals surface area contributed by atoms with Crippen LogP contribution in [0, 0.1) is 12.8 Å². The topological polar surface area (TPSA) is 89.8 Å². The minimum absolute atomic E-state index is 0.293. The number of aromatic nitrogens is 4. The Morgan fingerprint density at radius 2 is 2.10 bits per heavy atom. The van der Waals surface area contributed by atoms with Crippen molar-refractivity contribution in [2.24, 2.45) is 5.92 Å². The third kappa shape index (κ3) is 2.76. The number of rotatable bonds is 4. The molecule has 8 heteroatoms. The van der Waals surface area contributed by atoms with Crippen LogP contribution >= 0.6 is 0 Å². The van der Waals surface area contributed by atoms with E-state index in [0.717, 1.165) is 18.2 Å². The molecule has 2 aromatic rings. The average molecular weight is 307 g/mol. The van der Waals surface area contributed by atoms with Crippen LogP contribution in [0.4, 0.5) is 5.69 Å². The highest BCUT2D eigenvalue weighted by Crippen LogP contribution is 2.44. The molecule has 3 rings (SSSR count). The Balaban J connectivity index is 2.11. The number of nitrogens with one attached hydrogen (secondary N) is 1. The lowest BCUT2D eigenvalue weighted by atomic mass is 10.1. The number of anilines is 1. The van der Waals surface area contributed by atoms with Gasteiger partial charge in [-0.05, 0) is 41.3 Å². The van der Waals surface area contributed by atoms with Crippen molar-refractivity contribution in [2.75, 3.05) is 11.0 Å². The zero-order chi connectivity index (χ0) is 15.2. The SMILES string of the molecule is Cc1cccc(-c2nnnn2[C@@H]2C[C@H]2C)c1NS(C)(=O)=O. The summed E-state index contributed by atoms with van der Waals surface area (Å²) in [6, 6.07) is 5.84. The maximum absolute atomic E-state index is 11.6. The number of tetrazole rings is 1. The molecule has 1 aromatic carbocycles. The fourth-order valence-electron chi connectivity index (χ4n) is 2.41. The van der Waals surface area contributed by atoms with E-state index in [1.165, 1.54) is 0 Å². The first-order valence-electron chi connectivity index (χ1n) is 6.72. The molecule has 1 aliphatic rings. The number of para-hydroxylation sites is 1. The van der Waals surface area contributed by atoms with Gasteiger partial charge < -0.3 is 0 Å². The summed E-state index contributed by atoms with van der Waals surface area (Å²) in [5.74, 6) is 1.14. The van der Waals surface area contributed by atoms with Crippen molar-refractivity contribution in [2.45, 2.75) is 26.3 Å². The number of aryl methyl sites for hydroxylation is 1. The maximum atomic E-state index is 11.6. The lowest BCUT2D eigenvalue weighted by molar-refractivity contribution is 0.584. The van der Waals surface area contributed by atoms with Crippen molar-refractivity contribution >= 4 is 15.7 Å². The summed E-state index contributed by atoms with van der Waals surface area (Å²) in [6.45, 7) is 3.99. The van der Waals surface area contributed by atoms with Gasteiger partial charge in [-0.1, -0.05) is 19.1 Å². The molecule has 0 amide bonds. The summed E-state index contributed by atoms with van der Waals surface area (Å²) < 4.78 is 27.5. The molecule has 1 heterocycles. The van der Waals surface area contributed by atoms with Gasteiger partial charge in [0.15, 0.2) is 5.82 Å². The smallest absolute Gasteiger partial charge is 0.229 e. The van der Waals surface area contributed by atoms with Crippen molar-refractivity contribution in [1.29, 1.82) is 0 Å². The molecule has 7 nitrogen and oxygen atoms in total. The first-order chi connectivity index (χ1) is 9.87. The van der Waals surface area contributed by atoms with E-state index in [9.17, 15) is 8.42 Å². The number of benzene rings is 1. The quantitative estimate of drug-likeness (QED) is 0.926. The van der Waals surface area contributed by atoms with Crippen molar-refractivity contribution in [1.82, 2.24) is 20.2 Å². The molecule has 0 bridgehead atoms. The minimum atomic E-state index is -3.37. The van der Waals surface area contributed by atoms with Crippen LogP contribution in [0.3, 0.4) is 0 Å². The van der Waals surface area contributed by atoms with Crippen molar-refractivity contribution in [3.05, 3.63) is 23.8 Å². The van der Waals surface area contributed by atoms with Gasteiger partial charge in [0.05, 0.1) is 18.0 Å². The highest BCUT2D eigenvalue weighted by molar-refractivity contribution is 7.92. The summed E-state index contributed by atoms with van der Waals surface area (Å²) in [5.41, 5.74) is 2.06. The predicted molar refractivity (Wildman–Crippen MR) is 79.3 cm³/mol. The second-order valence-corrected chi connectivity index (χ2v) is 7.35. The molecule has 0 unspecified atom stereocenters. The fraction of sp³-hybridized carbons (Fsp3) is 0.462. The van der Waals surface area contributed by atoms with Gasteiger partial charge in [-0.2, -0.15) is 0 Å². The molecule has 0 spiro atoms. The van der Waals surface area contributed by atoms with E-state index >= 15 is 0 Å². The molecular formula is C13H17N5O2S. The van der Waals surface area contributed by atoms with Crippen LogP contribution in [-0.4, -0.2) is 34.9 Å². The van der Waals surface area contributed by atoms with Crippen LogP contribution < -0.4 is 4.72 Å². The highest BCUT2D eigenvalue weighted by atomic mass is 32.2. The summed E-state index contributed by atoms with van der Waals surface area (Å²) in [6.07, 6.45) is 2.17. The van der Waals surface area contributed by atoms with Gasteiger partial charge in [-0.15, -0.1) is 5.10 Å². The molecule has 0 aliphatic heterocycles. The Morgan fingerprint density at radius 3 is 2.71 bits per heavy atom. The molecule has 0 saturated heterocycles. The largest absolute Gasteiger partial charge is 0.283 e. The van der Waals surface area contributed by atoms with Gasteiger partial charge in [-0.3, -0.25) is 4.72 Å². The summed E-state index contributed by atoms with van der Waals surface area (Å²) in [5, 5.41) is 11.9. The molecule has 1 fully saturated rings. The number of sulfonamides is 1. The second kappa shape index (κ2) is 4.80. The Morgan fingerprint density at radius 1 is 1.38 bits per heavy atom. The predicted octanol–water partition coefficient (Wildman–Crippen LogP) is 1.60. The third-order valence-corrected chi connectivity index (χ3v) is 4.25. The van der Waals surface area contributed by atoms with Crippen LogP contribution in [0.2, 0.25) is 0 Å². The molecule has 2 atom stereocenters. The highest BCUT2D eigenvalue weighted by Gasteiger charge is 2.37. The first-order valence-corrected chi connectivity index (χ1v) is 8.61. The van der Waals surface area contributed by atoms with E-state index in [1.807, 2.05) is 25.1 Å². The van der Waals surface area contributed by atoms with Gasteiger partial charge in [0.2, 0.25) is 10.0 Å². The first kappa shape index (κ1) is 14.0. The number of hydrogen-bond acceptors (Lipinski definition) is 5. The van der Waals surface area contributed by atoms with E-state index in [-0.39, 0.29) is 0 Å². The molecule has 1 saturated carbocycles. The standard InChI is InChI=1S/C13H17N5O2S/c1-8-5-4-6-10(12(8)15-21(3,19)20)13-14-16-17-18(13)11-7-9(11)2/h4-6,9,11,15H,7H2,1-3H3/t9-,11-/m1/s1. The fourth-order valence-corrected chi connectivity index (χ4v) is 3.05. The van der Waals surface area contributed by atoms with Gasteiger partial charge >= 0.3 is 0 Å². The van der Waals surface area contributed by atoms with E-state index < -0.39 is 10.0 Å². The number of hydrogen-bond donors (Lipinski definition) is 1. The van der Waals surface area contributed by atoms with E-state index in [1.54, 1.807) is 4.68 Å². The Hall–Kier alpha value is -1.96. The lowest BCUT2D eigenvalue weighted by Gasteiger charge is -2.13. The van der Waals surface area contributed by atoms with Gasteiger partial charge in [-0.25, -0.2) is 13.1 Å². The van der Waals surface area contributed by atoms with E-state index in [2.05, 4.69) is 27.2 Å². The van der Waals surface area contributed by atoms with Gasteiger partial charge in [0.25, 0.3) is 0 Å². The normalized spacial score (nSPS) is 21.3. The number of nitrogens with zero attached hydrogens (tertiary/aromatic N) is 4. The van der Waals surface area contributed by atoms with Crippen molar-refractivity contribution in [3.63, 3.8) is 0 Å². The zero-order valence-electron chi connectivity index (χ0n) is 12.1. The summed E-state index contributed by atoms with van der Waals surface area (Å²) in [4.78, 5) is 0. The van der Waals surface area contributed by atoms with Crippen LogP contribution in [0.5, 0.6) is 0 Å². The lowest BCUT2D eigenvalue weighted by Crippen LogP contribution is -2.12. The minimum Gasteiger partial charge on any atom is -0.283 e. The van der Waals surface area contributed by atoms with Crippen molar-refractivity contribution < 1.29 is 8.42 Å². The molecule has 112 valence electrons. The van der Waals surface area contributed by atoms with Crippen LogP contribution in [0.25, 0.3) is 11.4 Å². The third-order valence-electron chi connectivity index (χ3n) is 3.68. The second-order valence-electron chi connectivity index (χ2n) is 5.60. The summed E-state index contributed by atoms with van der Waals surface area (Å²) in [7, 11) is -3.37. The molecular weight excluding hydrogens is 290 g/mol. The Bertz CT molecular complexity index is 784. The average Bonchev–Trinajstić information content (AvgIpc) is 2.92. The molecule has 0 radical (unpaired) electrons. The molecule has 1 aliphatic carbocycles. The van der Waals surface area contributed by atoms with Crippen LogP contribution in [0.1, 0.15) is 24.9 Å². The van der Waals surface area contributed by atoms with Gasteiger partial charge in [0, 0.05) is 5.56 Å². The molecule has 1 aromatic heterocycles. The Kier molecular flexibility index (Phi) is 3.20. The van der Waals surface area contributed by atoms with E-state index in [0.29, 0.717) is 29.0 Å². The van der Waals surface area contributed by atoms with Crippen LogP contribution in [0.15, 0.2) is 18.2 Å². The maximum Gasteiger partial charge on any atom is 0.229 e. The molecule has 1 N–H and O–H groups in total. The van der Waals surface area contributed by atoms with Crippen LogP contribution in [-0.2, 0) is 10.0 Å². The van der Waals surface area contributed by atoms with E-state index in [4.69, 9.17) is 0 Å². The summed E-state index contributed by atoms with van der Waals surface area (Å²) >= 11 is 0. The zero-order valence-corrected chi connectivity index (χ0v) is 12.9. The van der Waals surface area contributed by atoms with Gasteiger partial charge in [0.1, 0.15) is 0 Å².